The summed E-state index contributed by atoms with van der Waals surface area (Å²) in [4.78, 5) is 13.5. The molecule has 0 aromatic heterocycles. The van der Waals surface area contributed by atoms with Gasteiger partial charge in [-0.3, -0.25) is 9.69 Å². The summed E-state index contributed by atoms with van der Waals surface area (Å²) in [5.74, 6) is 0.172. The van der Waals surface area contributed by atoms with Crippen LogP contribution in [-0.2, 0) is 11.3 Å². The third kappa shape index (κ3) is 3.83. The highest BCUT2D eigenvalue weighted by atomic mass is 35.5. The number of halogens is 1. The number of nitrogens with zero attached hydrogens (tertiary/aromatic N) is 1. The molecule has 4 heteroatoms. The SMILES string of the molecule is Cl.O=C1CCN(Cc2ccccc2)CCN1. The van der Waals surface area contributed by atoms with Gasteiger partial charge in [0, 0.05) is 32.6 Å². The van der Waals surface area contributed by atoms with Gasteiger partial charge in [0.15, 0.2) is 0 Å². The third-order valence-electron chi connectivity index (χ3n) is 2.65. The molecule has 1 aliphatic heterocycles. The van der Waals surface area contributed by atoms with Crippen molar-refractivity contribution in [1.29, 1.82) is 0 Å². The molecule has 0 unspecified atom stereocenters. The number of carbonyl (C=O) groups is 1. The Morgan fingerprint density at radius 2 is 1.94 bits per heavy atom. The van der Waals surface area contributed by atoms with Gasteiger partial charge in [-0.05, 0) is 5.56 Å². The lowest BCUT2D eigenvalue weighted by molar-refractivity contribution is -0.120. The van der Waals surface area contributed by atoms with Gasteiger partial charge in [-0.1, -0.05) is 30.3 Å². The van der Waals surface area contributed by atoms with Crippen LogP contribution in [0.15, 0.2) is 30.3 Å². The number of rotatable bonds is 2. The first kappa shape index (κ1) is 13.0. The topological polar surface area (TPSA) is 32.3 Å². The molecule has 1 amide bonds. The molecular formula is C12H17ClN2O. The summed E-state index contributed by atoms with van der Waals surface area (Å²) in [6, 6.07) is 10.4. The molecule has 16 heavy (non-hydrogen) atoms. The minimum atomic E-state index is 0. The Labute approximate surface area is 102 Å². The Hall–Kier alpha value is -1.06. The summed E-state index contributed by atoms with van der Waals surface area (Å²) >= 11 is 0. The van der Waals surface area contributed by atoms with E-state index in [2.05, 4.69) is 34.5 Å². The van der Waals surface area contributed by atoms with Crippen LogP contribution in [0.2, 0.25) is 0 Å². The summed E-state index contributed by atoms with van der Waals surface area (Å²) in [6.45, 7) is 3.52. The number of hydrogen-bond acceptors (Lipinski definition) is 2. The van der Waals surface area contributed by atoms with Crippen molar-refractivity contribution < 1.29 is 4.79 Å². The highest BCUT2D eigenvalue weighted by Crippen LogP contribution is 2.05. The van der Waals surface area contributed by atoms with Crippen molar-refractivity contribution in [3.8, 4) is 0 Å². The average Bonchev–Trinajstić information content (AvgIpc) is 2.46. The quantitative estimate of drug-likeness (QED) is 0.848. The van der Waals surface area contributed by atoms with Crippen LogP contribution in [0.25, 0.3) is 0 Å². The molecule has 88 valence electrons. The lowest BCUT2D eigenvalue weighted by Crippen LogP contribution is -2.28. The molecule has 0 aliphatic carbocycles. The van der Waals surface area contributed by atoms with E-state index in [0.29, 0.717) is 6.42 Å². The number of benzene rings is 1. The van der Waals surface area contributed by atoms with Gasteiger partial charge >= 0.3 is 0 Å². The molecule has 1 fully saturated rings. The maximum atomic E-state index is 11.1. The van der Waals surface area contributed by atoms with E-state index in [0.717, 1.165) is 26.2 Å². The second kappa shape index (κ2) is 6.51. The van der Waals surface area contributed by atoms with Crippen LogP contribution < -0.4 is 5.32 Å². The van der Waals surface area contributed by atoms with Gasteiger partial charge in [-0.25, -0.2) is 0 Å². The van der Waals surface area contributed by atoms with E-state index in [4.69, 9.17) is 0 Å². The second-order valence-electron chi connectivity index (χ2n) is 3.86. The highest BCUT2D eigenvalue weighted by molar-refractivity contribution is 5.85. The number of carbonyl (C=O) groups excluding carboxylic acids is 1. The van der Waals surface area contributed by atoms with Gasteiger partial charge in [0.05, 0.1) is 0 Å². The molecule has 1 aromatic rings. The molecule has 1 N–H and O–H groups in total. The van der Waals surface area contributed by atoms with Crippen LogP contribution in [0, 0.1) is 0 Å². The van der Waals surface area contributed by atoms with E-state index < -0.39 is 0 Å². The second-order valence-corrected chi connectivity index (χ2v) is 3.86. The van der Waals surface area contributed by atoms with Crippen molar-refractivity contribution in [1.82, 2.24) is 10.2 Å². The molecule has 2 rings (SSSR count). The minimum absolute atomic E-state index is 0. The smallest absolute Gasteiger partial charge is 0.221 e. The van der Waals surface area contributed by atoms with Crippen molar-refractivity contribution >= 4 is 18.3 Å². The van der Waals surface area contributed by atoms with E-state index in [1.54, 1.807) is 0 Å². The zero-order chi connectivity index (χ0) is 10.5. The van der Waals surface area contributed by atoms with Crippen LogP contribution in [0.5, 0.6) is 0 Å². The Morgan fingerprint density at radius 1 is 1.19 bits per heavy atom. The van der Waals surface area contributed by atoms with Crippen LogP contribution in [0.1, 0.15) is 12.0 Å². The van der Waals surface area contributed by atoms with Crippen LogP contribution in [0.3, 0.4) is 0 Å². The molecule has 0 atom stereocenters. The first-order valence-corrected chi connectivity index (χ1v) is 5.37. The fraction of sp³-hybridized carbons (Fsp3) is 0.417. The molecule has 1 aliphatic rings. The van der Waals surface area contributed by atoms with E-state index in [-0.39, 0.29) is 18.3 Å². The zero-order valence-electron chi connectivity index (χ0n) is 9.19. The van der Waals surface area contributed by atoms with Gasteiger partial charge in [0.25, 0.3) is 0 Å². The Morgan fingerprint density at radius 3 is 2.69 bits per heavy atom. The standard InChI is InChI=1S/C12H16N2O.ClH/c15-12-6-8-14(9-7-13-12)10-11-4-2-1-3-5-11;/h1-5H,6-10H2,(H,13,15);1H. The molecule has 1 saturated heterocycles. The molecule has 1 aromatic carbocycles. The maximum Gasteiger partial charge on any atom is 0.221 e. The summed E-state index contributed by atoms with van der Waals surface area (Å²) in [5, 5.41) is 2.88. The first-order chi connectivity index (χ1) is 7.34. The summed E-state index contributed by atoms with van der Waals surface area (Å²) in [7, 11) is 0. The minimum Gasteiger partial charge on any atom is -0.355 e. The monoisotopic (exact) mass is 240 g/mol. The predicted molar refractivity (Wildman–Crippen MR) is 66.6 cm³/mol. The largest absolute Gasteiger partial charge is 0.355 e. The Balaban J connectivity index is 0.00000128. The van der Waals surface area contributed by atoms with E-state index >= 15 is 0 Å². The fourth-order valence-electron chi connectivity index (χ4n) is 1.81. The molecule has 1 heterocycles. The van der Waals surface area contributed by atoms with E-state index in [1.807, 2.05) is 6.07 Å². The predicted octanol–water partition coefficient (Wildman–Crippen LogP) is 1.43. The Kier molecular flexibility index (Phi) is 5.29. The van der Waals surface area contributed by atoms with E-state index in [1.165, 1.54) is 5.56 Å². The summed E-state index contributed by atoms with van der Waals surface area (Å²) in [5.41, 5.74) is 1.31. The number of nitrogens with one attached hydrogen (secondary N) is 1. The van der Waals surface area contributed by atoms with Crippen molar-refractivity contribution in [2.24, 2.45) is 0 Å². The van der Waals surface area contributed by atoms with Gasteiger partial charge in [0.2, 0.25) is 5.91 Å². The van der Waals surface area contributed by atoms with Crippen LogP contribution >= 0.6 is 12.4 Å². The third-order valence-corrected chi connectivity index (χ3v) is 2.65. The molecule has 3 nitrogen and oxygen atoms in total. The van der Waals surface area contributed by atoms with Crippen molar-refractivity contribution in [2.75, 3.05) is 19.6 Å². The van der Waals surface area contributed by atoms with Gasteiger partial charge in [-0.15, -0.1) is 12.4 Å². The molecule has 0 spiro atoms. The number of amides is 1. The number of hydrogen-bond donors (Lipinski definition) is 1. The van der Waals surface area contributed by atoms with Gasteiger partial charge in [0.1, 0.15) is 0 Å². The van der Waals surface area contributed by atoms with E-state index in [9.17, 15) is 4.79 Å². The van der Waals surface area contributed by atoms with Crippen LogP contribution in [0.4, 0.5) is 0 Å². The van der Waals surface area contributed by atoms with Crippen molar-refractivity contribution in [3.63, 3.8) is 0 Å². The first-order valence-electron chi connectivity index (χ1n) is 5.37. The average molecular weight is 241 g/mol. The van der Waals surface area contributed by atoms with Gasteiger partial charge < -0.3 is 5.32 Å². The lowest BCUT2D eigenvalue weighted by atomic mass is 10.2. The maximum absolute atomic E-state index is 11.1. The zero-order valence-corrected chi connectivity index (χ0v) is 10.0. The van der Waals surface area contributed by atoms with Crippen molar-refractivity contribution in [3.05, 3.63) is 35.9 Å². The van der Waals surface area contributed by atoms with Crippen molar-refractivity contribution in [2.45, 2.75) is 13.0 Å². The molecule has 0 bridgehead atoms. The fourth-order valence-corrected chi connectivity index (χ4v) is 1.81. The lowest BCUT2D eigenvalue weighted by Gasteiger charge is -2.18. The normalized spacial score (nSPS) is 17.1. The molecule has 0 radical (unpaired) electrons. The Bertz CT molecular complexity index is 329. The molecule has 0 saturated carbocycles. The highest BCUT2D eigenvalue weighted by Gasteiger charge is 2.12. The molecular weight excluding hydrogens is 224 g/mol. The summed E-state index contributed by atoms with van der Waals surface area (Å²) in [6.07, 6.45) is 0.618. The van der Waals surface area contributed by atoms with Crippen LogP contribution in [-0.4, -0.2) is 30.4 Å². The summed E-state index contributed by atoms with van der Waals surface area (Å²) < 4.78 is 0. The van der Waals surface area contributed by atoms with Gasteiger partial charge in [-0.2, -0.15) is 0 Å².